The summed E-state index contributed by atoms with van der Waals surface area (Å²) in [5, 5.41) is 3.33. The van der Waals surface area contributed by atoms with Crippen LogP contribution in [0.25, 0.3) is 0 Å². The van der Waals surface area contributed by atoms with E-state index in [9.17, 15) is 0 Å². The van der Waals surface area contributed by atoms with Gasteiger partial charge in [0.1, 0.15) is 5.82 Å². The van der Waals surface area contributed by atoms with E-state index in [1.165, 1.54) is 25.9 Å². The van der Waals surface area contributed by atoms with Gasteiger partial charge in [-0.2, -0.15) is 0 Å². The number of pyridine rings is 1. The molecule has 2 heterocycles. The van der Waals surface area contributed by atoms with Crippen LogP contribution in [0, 0.1) is 0 Å². The number of nitrogens with one attached hydrogen (secondary N) is 1. The number of hydrogen-bond donors (Lipinski definition) is 1. The molecule has 0 bridgehead atoms. The zero-order chi connectivity index (χ0) is 10.5. The number of halogens is 1. The second-order valence-corrected chi connectivity index (χ2v) is 4.75. The van der Waals surface area contributed by atoms with E-state index >= 15 is 0 Å². The summed E-state index contributed by atoms with van der Waals surface area (Å²) >= 11 is 3.43. The minimum Gasteiger partial charge on any atom is -0.369 e. The van der Waals surface area contributed by atoms with Crippen LogP contribution in [0.4, 0.5) is 5.82 Å². The van der Waals surface area contributed by atoms with Crippen LogP contribution in [0.5, 0.6) is 0 Å². The predicted octanol–water partition coefficient (Wildman–Crippen LogP) is 2.35. The molecular formula is C11H16BrN3. The van der Waals surface area contributed by atoms with Crippen molar-refractivity contribution < 1.29 is 0 Å². The average Bonchev–Trinajstić information content (AvgIpc) is 2.71. The molecule has 0 atom stereocenters. The van der Waals surface area contributed by atoms with Gasteiger partial charge in [-0.3, -0.25) is 0 Å². The minimum absolute atomic E-state index is 0.948. The van der Waals surface area contributed by atoms with Crippen molar-refractivity contribution in [1.29, 1.82) is 0 Å². The monoisotopic (exact) mass is 269 g/mol. The molecule has 1 fully saturated rings. The number of hydrogen-bond acceptors (Lipinski definition) is 3. The third-order valence-electron chi connectivity index (χ3n) is 2.65. The third kappa shape index (κ3) is 3.47. The molecule has 1 aromatic rings. The van der Waals surface area contributed by atoms with E-state index in [1.807, 2.05) is 18.3 Å². The lowest BCUT2D eigenvalue weighted by Crippen LogP contribution is -2.26. The molecule has 1 saturated heterocycles. The fourth-order valence-electron chi connectivity index (χ4n) is 1.85. The minimum atomic E-state index is 0.948. The molecule has 0 aliphatic carbocycles. The van der Waals surface area contributed by atoms with Crippen molar-refractivity contribution in [2.24, 2.45) is 0 Å². The van der Waals surface area contributed by atoms with E-state index < -0.39 is 0 Å². The Bertz CT molecular complexity index is 310. The highest BCUT2D eigenvalue weighted by atomic mass is 79.9. The van der Waals surface area contributed by atoms with Gasteiger partial charge in [0, 0.05) is 23.8 Å². The third-order valence-corrected chi connectivity index (χ3v) is 3.15. The summed E-state index contributed by atoms with van der Waals surface area (Å²) in [4.78, 5) is 6.74. The molecule has 0 aromatic carbocycles. The molecular weight excluding hydrogens is 254 g/mol. The Kier molecular flexibility index (Phi) is 3.97. The number of aromatic nitrogens is 1. The van der Waals surface area contributed by atoms with E-state index in [0.29, 0.717) is 0 Å². The highest BCUT2D eigenvalue weighted by Crippen LogP contribution is 2.12. The van der Waals surface area contributed by atoms with E-state index in [0.717, 1.165) is 23.4 Å². The molecule has 3 nitrogen and oxygen atoms in total. The second kappa shape index (κ2) is 5.47. The lowest BCUT2D eigenvalue weighted by Gasteiger charge is -2.14. The van der Waals surface area contributed by atoms with Crippen LogP contribution in [0.2, 0.25) is 0 Å². The fraction of sp³-hybridized carbons (Fsp3) is 0.545. The Hall–Kier alpha value is -0.610. The Labute approximate surface area is 99.0 Å². The van der Waals surface area contributed by atoms with Crippen LogP contribution in [0.15, 0.2) is 22.8 Å². The summed E-state index contributed by atoms with van der Waals surface area (Å²) in [6.45, 7) is 4.61. The summed E-state index contributed by atoms with van der Waals surface area (Å²) in [6.07, 6.45) is 4.52. The molecule has 0 radical (unpaired) electrons. The zero-order valence-electron chi connectivity index (χ0n) is 8.75. The standard InChI is InChI=1S/C11H16BrN3/c12-10-3-4-13-11(9-10)14-5-8-15-6-1-2-7-15/h3-4,9H,1-2,5-8H2,(H,13,14). The van der Waals surface area contributed by atoms with Crippen molar-refractivity contribution in [1.82, 2.24) is 9.88 Å². The molecule has 1 aromatic heterocycles. The first kappa shape index (κ1) is 10.9. The molecule has 0 unspecified atom stereocenters. The molecule has 1 N–H and O–H groups in total. The first-order chi connectivity index (χ1) is 7.34. The Balaban J connectivity index is 1.73. The van der Waals surface area contributed by atoms with Crippen LogP contribution < -0.4 is 5.32 Å². The van der Waals surface area contributed by atoms with E-state index in [1.54, 1.807) is 0 Å². The van der Waals surface area contributed by atoms with Crippen molar-refractivity contribution >= 4 is 21.7 Å². The van der Waals surface area contributed by atoms with Gasteiger partial charge in [0.15, 0.2) is 0 Å². The summed E-state index contributed by atoms with van der Waals surface area (Å²) in [6, 6.07) is 3.94. The molecule has 15 heavy (non-hydrogen) atoms. The second-order valence-electron chi connectivity index (χ2n) is 3.83. The van der Waals surface area contributed by atoms with Crippen molar-refractivity contribution in [3.05, 3.63) is 22.8 Å². The van der Waals surface area contributed by atoms with Crippen molar-refractivity contribution in [2.75, 3.05) is 31.5 Å². The molecule has 1 aliphatic rings. The maximum atomic E-state index is 4.24. The lowest BCUT2D eigenvalue weighted by atomic mass is 10.4. The van der Waals surface area contributed by atoms with Gasteiger partial charge in [-0.05, 0) is 38.1 Å². The van der Waals surface area contributed by atoms with Gasteiger partial charge < -0.3 is 10.2 Å². The summed E-state index contributed by atoms with van der Waals surface area (Å²) in [5.74, 6) is 0.948. The van der Waals surface area contributed by atoms with Crippen LogP contribution in [0.3, 0.4) is 0 Å². The van der Waals surface area contributed by atoms with Crippen molar-refractivity contribution in [2.45, 2.75) is 12.8 Å². The number of anilines is 1. The first-order valence-corrected chi connectivity index (χ1v) is 6.22. The quantitative estimate of drug-likeness (QED) is 0.910. The summed E-state index contributed by atoms with van der Waals surface area (Å²) in [7, 11) is 0. The molecule has 0 amide bonds. The fourth-order valence-corrected chi connectivity index (χ4v) is 2.18. The topological polar surface area (TPSA) is 28.2 Å². The van der Waals surface area contributed by atoms with Crippen LogP contribution in [-0.2, 0) is 0 Å². The largest absolute Gasteiger partial charge is 0.369 e. The predicted molar refractivity (Wildman–Crippen MR) is 66.1 cm³/mol. The number of nitrogens with zero attached hydrogens (tertiary/aromatic N) is 2. The highest BCUT2D eigenvalue weighted by Gasteiger charge is 2.10. The van der Waals surface area contributed by atoms with Crippen LogP contribution in [0.1, 0.15) is 12.8 Å². The summed E-state index contributed by atoms with van der Waals surface area (Å²) < 4.78 is 1.07. The van der Waals surface area contributed by atoms with Gasteiger partial charge in [-0.25, -0.2) is 4.98 Å². The summed E-state index contributed by atoms with van der Waals surface area (Å²) in [5.41, 5.74) is 0. The Morgan fingerprint density at radius 3 is 2.93 bits per heavy atom. The number of rotatable bonds is 4. The van der Waals surface area contributed by atoms with Crippen LogP contribution >= 0.6 is 15.9 Å². The molecule has 2 rings (SSSR count). The van der Waals surface area contributed by atoms with Gasteiger partial charge in [0.2, 0.25) is 0 Å². The molecule has 0 saturated carbocycles. The van der Waals surface area contributed by atoms with E-state index in [-0.39, 0.29) is 0 Å². The smallest absolute Gasteiger partial charge is 0.127 e. The van der Waals surface area contributed by atoms with Crippen molar-refractivity contribution in [3.63, 3.8) is 0 Å². The van der Waals surface area contributed by atoms with Gasteiger partial charge in [-0.15, -0.1) is 0 Å². The van der Waals surface area contributed by atoms with E-state index in [2.05, 4.69) is 31.1 Å². The Morgan fingerprint density at radius 1 is 1.40 bits per heavy atom. The zero-order valence-corrected chi connectivity index (χ0v) is 10.3. The SMILES string of the molecule is Brc1ccnc(NCCN2CCCC2)c1. The van der Waals surface area contributed by atoms with Gasteiger partial charge in [-0.1, -0.05) is 15.9 Å². The van der Waals surface area contributed by atoms with Gasteiger partial charge >= 0.3 is 0 Å². The lowest BCUT2D eigenvalue weighted by molar-refractivity contribution is 0.352. The Morgan fingerprint density at radius 2 is 2.20 bits per heavy atom. The maximum absolute atomic E-state index is 4.24. The first-order valence-electron chi connectivity index (χ1n) is 5.42. The van der Waals surface area contributed by atoms with E-state index in [4.69, 9.17) is 0 Å². The van der Waals surface area contributed by atoms with Gasteiger partial charge in [0.25, 0.3) is 0 Å². The molecule has 1 aliphatic heterocycles. The van der Waals surface area contributed by atoms with Crippen LogP contribution in [-0.4, -0.2) is 36.1 Å². The number of likely N-dealkylation sites (tertiary alicyclic amines) is 1. The molecule has 0 spiro atoms. The normalized spacial score (nSPS) is 16.9. The average molecular weight is 270 g/mol. The maximum Gasteiger partial charge on any atom is 0.127 e. The molecule has 4 heteroatoms. The highest BCUT2D eigenvalue weighted by molar-refractivity contribution is 9.10. The van der Waals surface area contributed by atoms with Gasteiger partial charge in [0.05, 0.1) is 0 Å². The molecule has 82 valence electrons. The van der Waals surface area contributed by atoms with Crippen molar-refractivity contribution in [3.8, 4) is 0 Å².